The van der Waals surface area contributed by atoms with E-state index in [4.69, 9.17) is 4.74 Å². The summed E-state index contributed by atoms with van der Waals surface area (Å²) < 4.78 is 5.98. The summed E-state index contributed by atoms with van der Waals surface area (Å²) >= 11 is 0. The van der Waals surface area contributed by atoms with Gasteiger partial charge in [-0.2, -0.15) is 0 Å². The summed E-state index contributed by atoms with van der Waals surface area (Å²) in [6.45, 7) is 6.74. The molecule has 0 aliphatic rings. The van der Waals surface area contributed by atoms with Crippen LogP contribution in [0.3, 0.4) is 0 Å². The summed E-state index contributed by atoms with van der Waals surface area (Å²) in [4.78, 5) is 0. The van der Waals surface area contributed by atoms with Crippen LogP contribution in [0.25, 0.3) is 0 Å². The van der Waals surface area contributed by atoms with Crippen molar-refractivity contribution in [2.45, 2.75) is 192 Å². The van der Waals surface area contributed by atoms with Crippen LogP contribution in [-0.2, 0) is 4.74 Å². The molecule has 0 radical (unpaired) electrons. The average Bonchev–Trinajstić information content (AvgIpc) is 2.90. The number of ether oxygens (including phenoxy) is 1. The fourth-order valence-electron chi connectivity index (χ4n) is 5.31. The highest BCUT2D eigenvalue weighted by atomic mass is 16.5. The standard InChI is InChI=1S/C32H66O5/c1-4-7-10-13-16-19-22-25-29(34)31(35)32(36,26-23-20-17-14-11-8-5-2)30(28-33)37-27-24-21-18-15-12-9-6-3/h29-31,33-36H,4-28H2,1-3H3. The van der Waals surface area contributed by atoms with Gasteiger partial charge in [-0.1, -0.05) is 149 Å². The first kappa shape index (κ1) is 36.8. The number of aliphatic hydroxyl groups excluding tert-OH is 3. The van der Waals surface area contributed by atoms with Crippen molar-refractivity contribution < 1.29 is 25.2 Å². The molecule has 5 nitrogen and oxygen atoms in total. The Morgan fingerprint density at radius 2 is 0.973 bits per heavy atom. The maximum Gasteiger partial charge on any atom is 0.121 e. The number of rotatable bonds is 29. The van der Waals surface area contributed by atoms with E-state index in [-0.39, 0.29) is 6.61 Å². The lowest BCUT2D eigenvalue weighted by Crippen LogP contribution is -2.58. The molecular formula is C32H66O5. The molecule has 0 aromatic heterocycles. The molecule has 0 aromatic carbocycles. The second kappa shape index (κ2) is 26.0. The maximum absolute atomic E-state index is 11.7. The van der Waals surface area contributed by atoms with Crippen molar-refractivity contribution in [3.8, 4) is 0 Å². The average molecular weight is 531 g/mol. The van der Waals surface area contributed by atoms with Crippen LogP contribution in [0.1, 0.15) is 168 Å². The van der Waals surface area contributed by atoms with Crippen LogP contribution >= 0.6 is 0 Å². The van der Waals surface area contributed by atoms with Gasteiger partial charge < -0.3 is 25.2 Å². The molecule has 0 spiro atoms. The Bertz CT molecular complexity index is 456. The Labute approximate surface area is 230 Å². The molecule has 0 saturated heterocycles. The molecule has 0 saturated carbocycles. The Kier molecular flexibility index (Phi) is 25.9. The van der Waals surface area contributed by atoms with Gasteiger partial charge in [0, 0.05) is 6.61 Å². The summed E-state index contributed by atoms with van der Waals surface area (Å²) in [6, 6.07) is 0. The van der Waals surface area contributed by atoms with E-state index in [2.05, 4.69) is 20.8 Å². The largest absolute Gasteiger partial charge is 0.394 e. The molecular weight excluding hydrogens is 464 g/mol. The Morgan fingerprint density at radius 3 is 1.43 bits per heavy atom. The molecule has 0 aromatic rings. The van der Waals surface area contributed by atoms with Gasteiger partial charge in [0.15, 0.2) is 0 Å². The van der Waals surface area contributed by atoms with Crippen LogP contribution in [0.4, 0.5) is 0 Å². The number of unbranched alkanes of at least 4 members (excludes halogenated alkanes) is 18. The van der Waals surface area contributed by atoms with Gasteiger partial charge in [-0.05, 0) is 19.3 Å². The predicted octanol–water partition coefficient (Wildman–Crippen LogP) is 7.85. The van der Waals surface area contributed by atoms with Crippen LogP contribution in [0.15, 0.2) is 0 Å². The van der Waals surface area contributed by atoms with Gasteiger partial charge in [0.1, 0.15) is 17.8 Å². The number of hydrogen-bond donors (Lipinski definition) is 4. The van der Waals surface area contributed by atoms with E-state index >= 15 is 0 Å². The third-order valence-corrected chi connectivity index (χ3v) is 7.95. The molecule has 0 heterocycles. The molecule has 0 aliphatic carbocycles. The van der Waals surface area contributed by atoms with E-state index in [0.717, 1.165) is 51.4 Å². The highest BCUT2D eigenvalue weighted by molar-refractivity contribution is 4.97. The molecule has 0 bridgehead atoms. The third kappa shape index (κ3) is 18.7. The smallest absolute Gasteiger partial charge is 0.121 e. The van der Waals surface area contributed by atoms with Gasteiger partial charge in [0.25, 0.3) is 0 Å². The van der Waals surface area contributed by atoms with Crippen LogP contribution in [0.5, 0.6) is 0 Å². The first-order valence-corrected chi connectivity index (χ1v) is 16.3. The SMILES string of the molecule is CCCCCCCCCOC(CO)C(O)(CCCCCCCCC)C(O)C(O)CCCCCCCCC. The highest BCUT2D eigenvalue weighted by Crippen LogP contribution is 2.30. The van der Waals surface area contributed by atoms with Crippen LogP contribution in [0.2, 0.25) is 0 Å². The molecule has 4 unspecified atom stereocenters. The molecule has 37 heavy (non-hydrogen) atoms. The van der Waals surface area contributed by atoms with E-state index in [1.54, 1.807) is 0 Å². The van der Waals surface area contributed by atoms with Gasteiger partial charge in [-0.3, -0.25) is 0 Å². The van der Waals surface area contributed by atoms with E-state index in [9.17, 15) is 20.4 Å². The van der Waals surface area contributed by atoms with Crippen LogP contribution < -0.4 is 0 Å². The van der Waals surface area contributed by atoms with Gasteiger partial charge in [-0.15, -0.1) is 0 Å². The molecule has 0 fully saturated rings. The minimum atomic E-state index is -1.64. The van der Waals surface area contributed by atoms with Crippen molar-refractivity contribution in [1.29, 1.82) is 0 Å². The predicted molar refractivity (Wildman–Crippen MR) is 157 cm³/mol. The summed E-state index contributed by atoms with van der Waals surface area (Å²) in [7, 11) is 0. The summed E-state index contributed by atoms with van der Waals surface area (Å²) in [5.74, 6) is 0. The Morgan fingerprint density at radius 1 is 0.568 bits per heavy atom. The van der Waals surface area contributed by atoms with E-state index < -0.39 is 23.9 Å². The van der Waals surface area contributed by atoms with Crippen molar-refractivity contribution in [2.24, 2.45) is 0 Å². The summed E-state index contributed by atoms with van der Waals surface area (Å²) in [5, 5.41) is 43.7. The molecule has 4 N–H and O–H groups in total. The molecule has 5 heteroatoms. The minimum absolute atomic E-state index is 0.332. The lowest BCUT2D eigenvalue weighted by molar-refractivity contribution is -0.205. The zero-order valence-electron chi connectivity index (χ0n) is 25.1. The first-order valence-electron chi connectivity index (χ1n) is 16.3. The molecule has 4 atom stereocenters. The second-order valence-corrected chi connectivity index (χ2v) is 11.4. The Hall–Kier alpha value is -0.200. The van der Waals surface area contributed by atoms with Crippen LogP contribution in [-0.4, -0.2) is 57.6 Å². The minimum Gasteiger partial charge on any atom is -0.394 e. The second-order valence-electron chi connectivity index (χ2n) is 11.4. The summed E-state index contributed by atoms with van der Waals surface area (Å²) in [5.41, 5.74) is -1.64. The topological polar surface area (TPSA) is 90.2 Å². The zero-order chi connectivity index (χ0) is 27.6. The van der Waals surface area contributed by atoms with Gasteiger partial charge in [-0.25, -0.2) is 0 Å². The van der Waals surface area contributed by atoms with E-state index in [1.807, 2.05) is 0 Å². The van der Waals surface area contributed by atoms with Crippen molar-refractivity contribution >= 4 is 0 Å². The highest BCUT2D eigenvalue weighted by Gasteiger charge is 2.46. The van der Waals surface area contributed by atoms with Gasteiger partial charge >= 0.3 is 0 Å². The van der Waals surface area contributed by atoms with E-state index in [1.165, 1.54) is 83.5 Å². The third-order valence-electron chi connectivity index (χ3n) is 7.95. The fourth-order valence-corrected chi connectivity index (χ4v) is 5.31. The first-order chi connectivity index (χ1) is 18.0. The monoisotopic (exact) mass is 530 g/mol. The van der Waals surface area contributed by atoms with Crippen molar-refractivity contribution in [3.63, 3.8) is 0 Å². The number of aliphatic hydroxyl groups is 4. The van der Waals surface area contributed by atoms with Gasteiger partial charge in [0.05, 0.1) is 12.7 Å². The Balaban J connectivity index is 4.79. The molecule has 0 amide bonds. The van der Waals surface area contributed by atoms with E-state index in [0.29, 0.717) is 19.4 Å². The summed E-state index contributed by atoms with van der Waals surface area (Å²) in [6.07, 6.45) is 21.5. The normalized spacial score (nSPS) is 16.0. The molecule has 0 aliphatic heterocycles. The quantitative estimate of drug-likeness (QED) is 0.0739. The number of hydrogen-bond acceptors (Lipinski definition) is 5. The van der Waals surface area contributed by atoms with Crippen LogP contribution in [0, 0.1) is 0 Å². The fraction of sp³-hybridized carbons (Fsp3) is 1.00. The molecule has 224 valence electrons. The lowest BCUT2D eigenvalue weighted by atomic mass is 9.81. The van der Waals surface area contributed by atoms with Crippen molar-refractivity contribution in [1.82, 2.24) is 0 Å². The molecule has 0 rings (SSSR count). The van der Waals surface area contributed by atoms with Crippen molar-refractivity contribution in [3.05, 3.63) is 0 Å². The lowest BCUT2D eigenvalue weighted by Gasteiger charge is -2.41. The van der Waals surface area contributed by atoms with Crippen molar-refractivity contribution in [2.75, 3.05) is 13.2 Å². The zero-order valence-corrected chi connectivity index (χ0v) is 25.1. The maximum atomic E-state index is 11.7. The van der Waals surface area contributed by atoms with Gasteiger partial charge in [0.2, 0.25) is 0 Å².